The summed E-state index contributed by atoms with van der Waals surface area (Å²) < 4.78 is 3.57. The molecule has 0 spiro atoms. The second kappa shape index (κ2) is 9.87. The van der Waals surface area contributed by atoms with Crippen molar-refractivity contribution in [2.24, 2.45) is 0 Å². The minimum absolute atomic E-state index is 0.991. The first-order valence-corrected chi connectivity index (χ1v) is 16.5. The van der Waals surface area contributed by atoms with Gasteiger partial charge in [-0.25, -0.2) is 4.98 Å². The van der Waals surface area contributed by atoms with Crippen LogP contribution in [0, 0.1) is 0 Å². The first-order valence-electron chi connectivity index (χ1n) is 15.6. The second-order valence-corrected chi connectivity index (χ2v) is 13.0. The smallest absolute Gasteiger partial charge is 0.139 e. The van der Waals surface area contributed by atoms with Crippen LogP contribution in [0.15, 0.2) is 158 Å². The molecule has 214 valence electrons. The van der Waals surface area contributed by atoms with Crippen LogP contribution in [0.1, 0.15) is 0 Å². The molecule has 2 nitrogen and oxygen atoms in total. The standard InChI is InChI=1S/C43H26N2S/c1-3-12-28(13-4-1)40-32-16-8-9-17-33(32)41(29-14-5-2-6-15-29)35-25-30(19-22-34(35)40)31-20-23-38-36(26-31)42-43(46-38)45-37-18-10-7-11-27(37)21-24-39(45)44-42/h1-26H. The van der Waals surface area contributed by atoms with Gasteiger partial charge in [0.25, 0.3) is 0 Å². The van der Waals surface area contributed by atoms with Gasteiger partial charge in [-0.3, -0.25) is 4.40 Å². The molecule has 3 heterocycles. The largest absolute Gasteiger partial charge is 0.284 e. The molecule has 10 rings (SSSR count). The lowest BCUT2D eigenvalue weighted by molar-refractivity contribution is 1.31. The van der Waals surface area contributed by atoms with Gasteiger partial charge in [-0.05, 0) is 96.7 Å². The number of imidazole rings is 1. The number of benzene rings is 7. The van der Waals surface area contributed by atoms with Crippen molar-refractivity contribution in [3.63, 3.8) is 0 Å². The molecule has 0 fully saturated rings. The molecule has 0 atom stereocenters. The highest BCUT2D eigenvalue weighted by Gasteiger charge is 2.18. The van der Waals surface area contributed by atoms with E-state index < -0.39 is 0 Å². The summed E-state index contributed by atoms with van der Waals surface area (Å²) in [4.78, 5) is 6.34. The van der Waals surface area contributed by atoms with Crippen molar-refractivity contribution in [2.75, 3.05) is 0 Å². The van der Waals surface area contributed by atoms with E-state index in [1.54, 1.807) is 0 Å². The predicted molar refractivity (Wildman–Crippen MR) is 197 cm³/mol. The summed E-state index contributed by atoms with van der Waals surface area (Å²) in [5.74, 6) is 0. The molecule has 3 aromatic heterocycles. The average Bonchev–Trinajstić information content (AvgIpc) is 3.67. The highest BCUT2D eigenvalue weighted by molar-refractivity contribution is 7.25. The van der Waals surface area contributed by atoms with Gasteiger partial charge in [-0.1, -0.05) is 121 Å². The summed E-state index contributed by atoms with van der Waals surface area (Å²) >= 11 is 1.82. The van der Waals surface area contributed by atoms with Crippen LogP contribution in [0.25, 0.3) is 91.9 Å². The molecule has 0 aliphatic rings. The highest BCUT2D eigenvalue weighted by Crippen LogP contribution is 2.45. The monoisotopic (exact) mass is 602 g/mol. The van der Waals surface area contributed by atoms with E-state index in [0.717, 1.165) is 11.2 Å². The molecule has 0 N–H and O–H groups in total. The topological polar surface area (TPSA) is 17.3 Å². The van der Waals surface area contributed by atoms with Crippen molar-refractivity contribution in [1.29, 1.82) is 0 Å². The van der Waals surface area contributed by atoms with E-state index in [9.17, 15) is 0 Å². The Morgan fingerprint density at radius 3 is 1.76 bits per heavy atom. The number of thiophene rings is 1. The van der Waals surface area contributed by atoms with E-state index in [0.29, 0.717) is 0 Å². The van der Waals surface area contributed by atoms with E-state index >= 15 is 0 Å². The lowest BCUT2D eigenvalue weighted by atomic mass is 9.85. The van der Waals surface area contributed by atoms with Gasteiger partial charge < -0.3 is 0 Å². The lowest BCUT2D eigenvalue weighted by Crippen LogP contribution is -1.91. The zero-order chi connectivity index (χ0) is 30.2. The molecular weight excluding hydrogens is 577 g/mol. The molecular formula is C43H26N2S. The fourth-order valence-corrected chi connectivity index (χ4v) is 8.46. The number of para-hydroxylation sites is 1. The van der Waals surface area contributed by atoms with E-state index in [-0.39, 0.29) is 0 Å². The number of pyridine rings is 1. The number of aromatic nitrogens is 2. The Morgan fingerprint density at radius 2 is 1.02 bits per heavy atom. The number of hydrogen-bond donors (Lipinski definition) is 0. The number of nitrogens with zero attached hydrogens (tertiary/aromatic N) is 2. The summed E-state index contributed by atoms with van der Waals surface area (Å²) in [5, 5.41) is 7.49. The third-order valence-corrected chi connectivity index (χ3v) is 10.5. The first kappa shape index (κ1) is 25.5. The minimum atomic E-state index is 0.991. The van der Waals surface area contributed by atoms with Crippen LogP contribution in [0.3, 0.4) is 0 Å². The summed E-state index contributed by atoms with van der Waals surface area (Å²) in [6, 6.07) is 57.3. The van der Waals surface area contributed by atoms with Gasteiger partial charge in [0.05, 0.1) is 5.52 Å². The van der Waals surface area contributed by atoms with Crippen LogP contribution in [0.4, 0.5) is 0 Å². The Hall–Kier alpha value is -5.77. The molecule has 46 heavy (non-hydrogen) atoms. The molecule has 0 unspecified atom stereocenters. The Morgan fingerprint density at radius 1 is 0.435 bits per heavy atom. The van der Waals surface area contributed by atoms with E-state index in [2.05, 4.69) is 162 Å². The van der Waals surface area contributed by atoms with Crippen molar-refractivity contribution in [3.05, 3.63) is 158 Å². The van der Waals surface area contributed by atoms with E-state index in [4.69, 9.17) is 4.98 Å². The van der Waals surface area contributed by atoms with Crippen LogP contribution in [-0.4, -0.2) is 9.38 Å². The molecule has 3 heteroatoms. The molecule has 0 amide bonds. The van der Waals surface area contributed by atoms with Crippen molar-refractivity contribution in [3.8, 4) is 33.4 Å². The molecule has 0 radical (unpaired) electrons. The number of fused-ring (bicyclic) bond motifs is 9. The Balaban J connectivity index is 1.25. The van der Waals surface area contributed by atoms with Crippen LogP contribution < -0.4 is 0 Å². The fraction of sp³-hybridized carbons (Fsp3) is 0. The fourth-order valence-electron chi connectivity index (χ4n) is 7.31. The van der Waals surface area contributed by atoms with Crippen LogP contribution in [0.2, 0.25) is 0 Å². The maximum absolute atomic E-state index is 5.14. The van der Waals surface area contributed by atoms with Crippen LogP contribution >= 0.6 is 11.3 Å². The zero-order valence-electron chi connectivity index (χ0n) is 24.8. The van der Waals surface area contributed by atoms with E-state index in [1.807, 2.05) is 11.3 Å². The van der Waals surface area contributed by atoms with E-state index in [1.165, 1.54) is 80.7 Å². The van der Waals surface area contributed by atoms with Crippen molar-refractivity contribution >= 4 is 69.9 Å². The normalized spacial score (nSPS) is 11.9. The van der Waals surface area contributed by atoms with Crippen LogP contribution in [0.5, 0.6) is 0 Å². The molecule has 0 bridgehead atoms. The summed E-state index contributed by atoms with van der Waals surface area (Å²) in [7, 11) is 0. The van der Waals surface area contributed by atoms with Gasteiger partial charge in [-0.2, -0.15) is 0 Å². The van der Waals surface area contributed by atoms with Crippen molar-refractivity contribution in [1.82, 2.24) is 9.38 Å². The Labute approximate surface area is 269 Å². The molecule has 10 aromatic rings. The molecule has 0 aliphatic carbocycles. The highest BCUT2D eigenvalue weighted by atomic mass is 32.1. The lowest BCUT2D eigenvalue weighted by Gasteiger charge is -2.18. The molecule has 0 saturated carbocycles. The van der Waals surface area contributed by atoms with Gasteiger partial charge in [0.1, 0.15) is 16.0 Å². The third kappa shape index (κ3) is 3.73. The van der Waals surface area contributed by atoms with Gasteiger partial charge in [0, 0.05) is 10.1 Å². The van der Waals surface area contributed by atoms with Crippen molar-refractivity contribution < 1.29 is 0 Å². The quantitative estimate of drug-likeness (QED) is 0.184. The number of hydrogen-bond acceptors (Lipinski definition) is 2. The summed E-state index contributed by atoms with van der Waals surface area (Å²) in [5.41, 5.74) is 10.7. The maximum atomic E-state index is 5.14. The van der Waals surface area contributed by atoms with Gasteiger partial charge >= 0.3 is 0 Å². The first-order chi connectivity index (χ1) is 22.8. The second-order valence-electron chi connectivity index (χ2n) is 12.0. The van der Waals surface area contributed by atoms with Gasteiger partial charge in [-0.15, -0.1) is 11.3 Å². The van der Waals surface area contributed by atoms with Gasteiger partial charge in [0.15, 0.2) is 0 Å². The SMILES string of the molecule is c1ccc(-c2c3ccccc3c(-c3ccccc3)c3cc(-c4ccc5sc6c(nc7ccc8ccccc8n76)c5c4)ccc23)cc1. The van der Waals surface area contributed by atoms with Crippen molar-refractivity contribution in [2.45, 2.75) is 0 Å². The summed E-state index contributed by atoms with van der Waals surface area (Å²) in [6.07, 6.45) is 0. The zero-order valence-corrected chi connectivity index (χ0v) is 25.6. The Bertz CT molecular complexity index is 2790. The molecule has 0 saturated heterocycles. The third-order valence-electron chi connectivity index (χ3n) is 9.37. The molecule has 0 aliphatic heterocycles. The number of rotatable bonds is 3. The molecule has 7 aromatic carbocycles. The predicted octanol–water partition coefficient (Wildman–Crippen LogP) is 12.2. The van der Waals surface area contributed by atoms with Gasteiger partial charge in [0.2, 0.25) is 0 Å². The average molecular weight is 603 g/mol. The van der Waals surface area contributed by atoms with Crippen LogP contribution in [-0.2, 0) is 0 Å². The minimum Gasteiger partial charge on any atom is -0.284 e. The Kier molecular flexibility index (Phi) is 5.48. The summed E-state index contributed by atoms with van der Waals surface area (Å²) in [6.45, 7) is 0. The maximum Gasteiger partial charge on any atom is 0.139 e.